The summed E-state index contributed by atoms with van der Waals surface area (Å²) in [6, 6.07) is 8.83. The molecule has 0 amide bonds. The Kier molecular flexibility index (Phi) is 5.76. The van der Waals surface area contributed by atoms with Gasteiger partial charge in [-0.2, -0.15) is 13.2 Å². The van der Waals surface area contributed by atoms with Crippen molar-refractivity contribution in [2.24, 2.45) is 0 Å². The van der Waals surface area contributed by atoms with Gasteiger partial charge in [0, 0.05) is 6.54 Å². The number of benzene rings is 2. The molecule has 2 aromatic rings. The van der Waals surface area contributed by atoms with Crippen LogP contribution < -0.4 is 9.46 Å². The Morgan fingerprint density at radius 2 is 1.88 bits per heavy atom. The van der Waals surface area contributed by atoms with E-state index >= 15 is 0 Å². The van der Waals surface area contributed by atoms with E-state index in [9.17, 15) is 21.6 Å². The maximum Gasteiger partial charge on any atom is 0.416 e. The smallest absolute Gasteiger partial charge is 0.416 e. The van der Waals surface area contributed by atoms with Crippen LogP contribution in [0.4, 0.5) is 13.2 Å². The second kappa shape index (κ2) is 7.28. The summed E-state index contributed by atoms with van der Waals surface area (Å²) >= 11 is 1.94. The fraction of sp³-hybridized carbons (Fsp3) is 0.200. The molecule has 0 fully saturated rings. The van der Waals surface area contributed by atoms with Crippen molar-refractivity contribution in [3.05, 3.63) is 57.2 Å². The molecule has 24 heavy (non-hydrogen) atoms. The second-order valence-electron chi connectivity index (χ2n) is 4.82. The molecule has 9 heteroatoms. The van der Waals surface area contributed by atoms with Gasteiger partial charge < -0.3 is 4.74 Å². The van der Waals surface area contributed by atoms with Gasteiger partial charge >= 0.3 is 6.18 Å². The minimum Gasteiger partial charge on any atom is -0.496 e. The number of ether oxygens (including phenoxy) is 1. The van der Waals surface area contributed by atoms with E-state index in [-0.39, 0.29) is 17.0 Å². The Hall–Kier alpha value is -1.33. The minimum absolute atomic E-state index is 0.0136. The summed E-state index contributed by atoms with van der Waals surface area (Å²) in [5.41, 5.74) is -0.602. The highest BCUT2D eigenvalue weighted by molar-refractivity contribution is 14.1. The maximum absolute atomic E-state index is 12.7. The first-order chi connectivity index (χ1) is 11.1. The van der Waals surface area contributed by atoms with E-state index in [1.807, 2.05) is 22.6 Å². The summed E-state index contributed by atoms with van der Waals surface area (Å²) in [6.07, 6.45) is -4.47. The monoisotopic (exact) mass is 471 g/mol. The molecule has 2 aromatic carbocycles. The molecule has 0 spiro atoms. The number of alkyl halides is 3. The van der Waals surface area contributed by atoms with Crippen molar-refractivity contribution in [2.45, 2.75) is 17.6 Å². The third kappa shape index (κ3) is 4.61. The molecule has 0 heterocycles. The lowest BCUT2D eigenvalue weighted by Crippen LogP contribution is -2.23. The molecule has 0 bridgehead atoms. The van der Waals surface area contributed by atoms with Crippen molar-refractivity contribution in [3.63, 3.8) is 0 Å². The number of hydrogen-bond donors (Lipinski definition) is 1. The van der Waals surface area contributed by atoms with Crippen LogP contribution in [0.1, 0.15) is 11.1 Å². The molecule has 0 atom stereocenters. The molecule has 0 radical (unpaired) electrons. The van der Waals surface area contributed by atoms with Gasteiger partial charge in [-0.3, -0.25) is 0 Å². The van der Waals surface area contributed by atoms with E-state index in [2.05, 4.69) is 4.72 Å². The minimum atomic E-state index is -4.47. The van der Waals surface area contributed by atoms with Crippen LogP contribution in [-0.4, -0.2) is 15.5 Å². The van der Waals surface area contributed by atoms with Crippen LogP contribution in [0.3, 0.4) is 0 Å². The summed E-state index contributed by atoms with van der Waals surface area (Å²) in [4.78, 5) is 0.0136. The lowest BCUT2D eigenvalue weighted by Gasteiger charge is -2.11. The fourth-order valence-electron chi connectivity index (χ4n) is 1.93. The van der Waals surface area contributed by atoms with E-state index in [1.165, 1.54) is 37.4 Å². The van der Waals surface area contributed by atoms with Crippen LogP contribution in [0.15, 0.2) is 47.4 Å². The summed E-state index contributed by atoms with van der Waals surface area (Å²) in [7, 11) is -2.38. The summed E-state index contributed by atoms with van der Waals surface area (Å²) in [6.45, 7) is -0.241. The standard InChI is InChI=1S/C15H13F3INO3S/c1-23-14-6-5-12(8-13(14)19)24(21,22)20-9-10-3-2-4-11(7-10)15(16,17)18/h2-8,20H,9H2,1H3. The number of rotatable bonds is 5. The van der Waals surface area contributed by atoms with Crippen LogP contribution >= 0.6 is 22.6 Å². The molecular weight excluding hydrogens is 458 g/mol. The van der Waals surface area contributed by atoms with Gasteiger partial charge in [0.05, 0.1) is 21.1 Å². The average molecular weight is 471 g/mol. The van der Waals surface area contributed by atoms with Crippen LogP contribution in [0.5, 0.6) is 5.75 Å². The van der Waals surface area contributed by atoms with Gasteiger partial charge in [-0.15, -0.1) is 0 Å². The highest BCUT2D eigenvalue weighted by Gasteiger charge is 2.30. The van der Waals surface area contributed by atoms with Crippen LogP contribution in [0, 0.1) is 3.57 Å². The van der Waals surface area contributed by atoms with Crippen molar-refractivity contribution >= 4 is 32.6 Å². The molecule has 0 saturated heterocycles. The van der Waals surface area contributed by atoms with Crippen molar-refractivity contribution in [1.29, 1.82) is 0 Å². The molecule has 1 N–H and O–H groups in total. The molecule has 0 aliphatic heterocycles. The van der Waals surface area contributed by atoms with E-state index in [0.717, 1.165) is 12.1 Å². The van der Waals surface area contributed by atoms with Gasteiger partial charge in [0.1, 0.15) is 5.75 Å². The van der Waals surface area contributed by atoms with Crippen molar-refractivity contribution in [1.82, 2.24) is 4.72 Å². The van der Waals surface area contributed by atoms with Crippen molar-refractivity contribution in [2.75, 3.05) is 7.11 Å². The lowest BCUT2D eigenvalue weighted by molar-refractivity contribution is -0.137. The predicted molar refractivity (Wildman–Crippen MR) is 91.2 cm³/mol. The van der Waals surface area contributed by atoms with E-state index in [0.29, 0.717) is 9.32 Å². The topological polar surface area (TPSA) is 55.4 Å². The second-order valence-corrected chi connectivity index (χ2v) is 7.75. The van der Waals surface area contributed by atoms with Gasteiger partial charge in [-0.1, -0.05) is 18.2 Å². The SMILES string of the molecule is COc1ccc(S(=O)(=O)NCc2cccc(C(F)(F)F)c2)cc1I. The normalized spacial score (nSPS) is 12.2. The zero-order valence-corrected chi connectivity index (χ0v) is 15.4. The van der Waals surface area contributed by atoms with Gasteiger partial charge in [-0.25, -0.2) is 13.1 Å². The van der Waals surface area contributed by atoms with Gasteiger partial charge in [0.15, 0.2) is 0 Å². The average Bonchev–Trinajstić information content (AvgIpc) is 2.52. The molecule has 0 aliphatic carbocycles. The Bertz CT molecular complexity index is 838. The third-order valence-electron chi connectivity index (χ3n) is 3.15. The molecule has 0 saturated carbocycles. The molecule has 4 nitrogen and oxygen atoms in total. The summed E-state index contributed by atoms with van der Waals surface area (Å²) < 4.78 is 70.5. The summed E-state index contributed by atoms with van der Waals surface area (Å²) in [5.74, 6) is 0.535. The van der Waals surface area contributed by atoms with Crippen LogP contribution in [0.25, 0.3) is 0 Å². The highest BCUT2D eigenvalue weighted by atomic mass is 127. The summed E-state index contributed by atoms with van der Waals surface area (Å²) in [5, 5.41) is 0. The van der Waals surface area contributed by atoms with E-state index in [1.54, 1.807) is 0 Å². The molecule has 130 valence electrons. The molecule has 0 unspecified atom stereocenters. The molecule has 0 aromatic heterocycles. The number of nitrogens with one attached hydrogen (secondary N) is 1. The Morgan fingerprint density at radius 1 is 1.17 bits per heavy atom. The third-order valence-corrected chi connectivity index (χ3v) is 5.40. The van der Waals surface area contributed by atoms with E-state index < -0.39 is 21.8 Å². The zero-order valence-electron chi connectivity index (χ0n) is 12.4. The van der Waals surface area contributed by atoms with Gasteiger partial charge in [0.25, 0.3) is 0 Å². The molecule has 2 rings (SSSR count). The first-order valence-corrected chi connectivity index (χ1v) is 9.19. The Labute approximate surface area is 151 Å². The maximum atomic E-state index is 12.7. The number of methoxy groups -OCH3 is 1. The predicted octanol–water partition coefficient (Wildman–Crippen LogP) is 3.80. The zero-order chi connectivity index (χ0) is 18.0. The Morgan fingerprint density at radius 3 is 2.46 bits per heavy atom. The van der Waals surface area contributed by atoms with Crippen molar-refractivity contribution in [3.8, 4) is 5.75 Å². The fourth-order valence-corrected chi connectivity index (χ4v) is 3.92. The quantitative estimate of drug-likeness (QED) is 0.676. The van der Waals surface area contributed by atoms with Gasteiger partial charge in [-0.05, 0) is 52.4 Å². The van der Waals surface area contributed by atoms with E-state index in [4.69, 9.17) is 4.74 Å². The molecule has 0 aliphatic rings. The lowest BCUT2D eigenvalue weighted by atomic mass is 10.1. The largest absolute Gasteiger partial charge is 0.496 e. The van der Waals surface area contributed by atoms with Gasteiger partial charge in [0.2, 0.25) is 10.0 Å². The number of halogens is 4. The van der Waals surface area contributed by atoms with Crippen molar-refractivity contribution < 1.29 is 26.3 Å². The first kappa shape index (κ1) is 19.0. The highest BCUT2D eigenvalue weighted by Crippen LogP contribution is 2.29. The van der Waals surface area contributed by atoms with Crippen LogP contribution in [0.2, 0.25) is 0 Å². The number of sulfonamides is 1. The molecular formula is C15H13F3INO3S. The first-order valence-electron chi connectivity index (χ1n) is 6.63. The Balaban J connectivity index is 2.17. The number of hydrogen-bond acceptors (Lipinski definition) is 3. The van der Waals surface area contributed by atoms with Crippen LogP contribution in [-0.2, 0) is 22.7 Å².